The zero-order chi connectivity index (χ0) is 11.8. The van der Waals surface area contributed by atoms with Gasteiger partial charge in [0, 0.05) is 15.0 Å². The summed E-state index contributed by atoms with van der Waals surface area (Å²) in [5, 5.41) is 3.87. The number of hydrogen-bond acceptors (Lipinski definition) is 1. The van der Waals surface area contributed by atoms with Crippen LogP contribution in [0.25, 0.3) is 33.0 Å². The summed E-state index contributed by atoms with van der Waals surface area (Å²) < 4.78 is 1.33. The summed E-state index contributed by atoms with van der Waals surface area (Å²) in [5.74, 6) is 0. The summed E-state index contributed by atoms with van der Waals surface area (Å²) in [6.45, 7) is 7.78. The van der Waals surface area contributed by atoms with E-state index in [1.54, 1.807) is 11.3 Å². The zero-order valence-electron chi connectivity index (χ0n) is 9.44. The Morgan fingerprint density at radius 3 is 2.47 bits per heavy atom. The second-order valence-corrected chi connectivity index (χ2v) is 5.00. The van der Waals surface area contributed by atoms with Crippen molar-refractivity contribution in [2.75, 3.05) is 0 Å². The molecule has 1 heteroatoms. The number of thiophene rings is 1. The molecule has 1 heterocycles. The van der Waals surface area contributed by atoms with Gasteiger partial charge in [0.05, 0.1) is 0 Å². The molecule has 17 heavy (non-hydrogen) atoms. The Labute approximate surface area is 105 Å². The zero-order valence-corrected chi connectivity index (χ0v) is 10.3. The Hall–Kier alpha value is -1.86. The lowest BCUT2D eigenvalue weighted by Gasteiger charge is -1.99. The van der Waals surface area contributed by atoms with Crippen LogP contribution in [0.15, 0.2) is 49.6 Å². The van der Waals surface area contributed by atoms with Crippen molar-refractivity contribution < 1.29 is 0 Å². The van der Waals surface area contributed by atoms with E-state index in [1.165, 1.54) is 31.3 Å². The number of benzene rings is 2. The van der Waals surface area contributed by atoms with Crippen molar-refractivity contribution in [2.45, 2.75) is 0 Å². The molecule has 82 valence electrons. The van der Waals surface area contributed by atoms with Gasteiger partial charge < -0.3 is 0 Å². The van der Waals surface area contributed by atoms with Crippen LogP contribution in [-0.4, -0.2) is 0 Å². The maximum absolute atomic E-state index is 3.90. The second kappa shape index (κ2) is 3.86. The van der Waals surface area contributed by atoms with Crippen LogP contribution < -0.4 is 0 Å². The van der Waals surface area contributed by atoms with E-state index in [2.05, 4.69) is 49.6 Å². The molecule has 2 aromatic carbocycles. The van der Waals surface area contributed by atoms with Crippen LogP contribution in [0, 0.1) is 0 Å². The van der Waals surface area contributed by atoms with Crippen molar-refractivity contribution >= 4 is 44.3 Å². The fourth-order valence-corrected chi connectivity index (χ4v) is 3.42. The SMILES string of the molecule is C=Cc1sc2c(ccc3ccccc32)c1C=C. The Kier molecular flexibility index (Phi) is 2.34. The molecule has 0 N–H and O–H groups in total. The average molecular weight is 236 g/mol. The minimum atomic E-state index is 1.20. The Morgan fingerprint density at radius 2 is 1.71 bits per heavy atom. The van der Waals surface area contributed by atoms with Crippen LogP contribution in [0.4, 0.5) is 0 Å². The highest BCUT2D eigenvalue weighted by molar-refractivity contribution is 7.21. The smallest absolute Gasteiger partial charge is 0.0433 e. The predicted molar refractivity (Wildman–Crippen MR) is 79.5 cm³/mol. The third-order valence-electron chi connectivity index (χ3n) is 3.04. The molecule has 0 fully saturated rings. The van der Waals surface area contributed by atoms with Gasteiger partial charge in [-0.1, -0.05) is 61.7 Å². The standard InChI is InChI=1S/C16H12S/c1-3-12-14-10-9-11-7-5-6-8-13(11)16(14)17-15(12)4-2/h3-10H,1-2H2. The molecular weight excluding hydrogens is 224 g/mol. The molecule has 0 saturated heterocycles. The maximum atomic E-state index is 3.90. The van der Waals surface area contributed by atoms with Gasteiger partial charge in [0.25, 0.3) is 0 Å². The number of fused-ring (bicyclic) bond motifs is 3. The molecule has 0 aliphatic heterocycles. The molecule has 0 nitrogen and oxygen atoms in total. The molecule has 0 aliphatic carbocycles. The van der Waals surface area contributed by atoms with Gasteiger partial charge >= 0.3 is 0 Å². The lowest BCUT2D eigenvalue weighted by molar-refractivity contribution is 1.81. The molecule has 0 unspecified atom stereocenters. The van der Waals surface area contributed by atoms with E-state index < -0.39 is 0 Å². The van der Waals surface area contributed by atoms with Crippen LogP contribution in [0.5, 0.6) is 0 Å². The first-order valence-electron chi connectivity index (χ1n) is 5.54. The molecule has 0 radical (unpaired) electrons. The van der Waals surface area contributed by atoms with Crippen LogP contribution in [-0.2, 0) is 0 Å². The predicted octanol–water partition coefficient (Wildman–Crippen LogP) is 5.34. The summed E-state index contributed by atoms with van der Waals surface area (Å²) in [7, 11) is 0. The summed E-state index contributed by atoms with van der Waals surface area (Å²) in [4.78, 5) is 1.20. The third-order valence-corrected chi connectivity index (χ3v) is 4.29. The van der Waals surface area contributed by atoms with Gasteiger partial charge in [-0.05, 0) is 16.3 Å². The molecule has 0 atom stereocenters. The first kappa shape index (κ1) is 10.3. The lowest BCUT2D eigenvalue weighted by atomic mass is 10.1. The average Bonchev–Trinajstić information content (AvgIpc) is 2.76. The van der Waals surface area contributed by atoms with Crippen molar-refractivity contribution in [3.05, 3.63) is 60.0 Å². The molecule has 3 rings (SSSR count). The summed E-state index contributed by atoms with van der Waals surface area (Å²) in [5.41, 5.74) is 1.20. The van der Waals surface area contributed by atoms with E-state index in [1.807, 2.05) is 12.2 Å². The largest absolute Gasteiger partial charge is 0.135 e. The van der Waals surface area contributed by atoms with Gasteiger partial charge in [-0.25, -0.2) is 0 Å². The normalized spacial score (nSPS) is 10.8. The van der Waals surface area contributed by atoms with Crippen LogP contribution in [0.3, 0.4) is 0 Å². The van der Waals surface area contributed by atoms with Gasteiger partial charge in [0.15, 0.2) is 0 Å². The molecular formula is C16H12S. The van der Waals surface area contributed by atoms with Crippen molar-refractivity contribution in [3.8, 4) is 0 Å². The van der Waals surface area contributed by atoms with Crippen LogP contribution in [0.1, 0.15) is 10.4 Å². The highest BCUT2D eigenvalue weighted by Crippen LogP contribution is 2.37. The van der Waals surface area contributed by atoms with E-state index in [4.69, 9.17) is 0 Å². The van der Waals surface area contributed by atoms with Gasteiger partial charge in [0.1, 0.15) is 0 Å². The van der Waals surface area contributed by atoms with Crippen LogP contribution in [0.2, 0.25) is 0 Å². The molecule has 0 spiro atoms. The molecule has 0 aliphatic rings. The topological polar surface area (TPSA) is 0 Å². The molecule has 3 aromatic rings. The Morgan fingerprint density at radius 1 is 0.882 bits per heavy atom. The summed E-state index contributed by atoms with van der Waals surface area (Å²) >= 11 is 1.79. The van der Waals surface area contributed by atoms with Gasteiger partial charge in [0.2, 0.25) is 0 Å². The van der Waals surface area contributed by atoms with Gasteiger partial charge in [-0.15, -0.1) is 11.3 Å². The monoisotopic (exact) mass is 236 g/mol. The molecule has 0 amide bonds. The third kappa shape index (κ3) is 1.43. The van der Waals surface area contributed by atoms with Gasteiger partial charge in [-0.3, -0.25) is 0 Å². The number of rotatable bonds is 2. The highest BCUT2D eigenvalue weighted by atomic mass is 32.1. The van der Waals surface area contributed by atoms with Gasteiger partial charge in [-0.2, -0.15) is 0 Å². The summed E-state index contributed by atoms with van der Waals surface area (Å²) in [6.07, 6.45) is 3.83. The fourth-order valence-electron chi connectivity index (χ4n) is 2.22. The molecule has 0 bridgehead atoms. The van der Waals surface area contributed by atoms with Crippen molar-refractivity contribution in [2.24, 2.45) is 0 Å². The minimum absolute atomic E-state index is 1.20. The van der Waals surface area contributed by atoms with E-state index in [0.29, 0.717) is 0 Å². The quantitative estimate of drug-likeness (QED) is 0.563. The maximum Gasteiger partial charge on any atom is 0.0433 e. The molecule has 0 saturated carbocycles. The van der Waals surface area contributed by atoms with Crippen LogP contribution >= 0.6 is 11.3 Å². The second-order valence-electron chi connectivity index (χ2n) is 3.95. The van der Waals surface area contributed by atoms with E-state index in [0.717, 1.165) is 0 Å². The summed E-state index contributed by atoms with van der Waals surface area (Å²) in [6, 6.07) is 12.8. The first-order chi connectivity index (χ1) is 8.35. The van der Waals surface area contributed by atoms with E-state index in [9.17, 15) is 0 Å². The molecule has 1 aromatic heterocycles. The Balaban J connectivity index is 2.55. The minimum Gasteiger partial charge on any atom is -0.135 e. The first-order valence-corrected chi connectivity index (χ1v) is 6.36. The van der Waals surface area contributed by atoms with Crippen molar-refractivity contribution in [1.82, 2.24) is 0 Å². The van der Waals surface area contributed by atoms with E-state index in [-0.39, 0.29) is 0 Å². The lowest BCUT2D eigenvalue weighted by Crippen LogP contribution is -1.74. The van der Waals surface area contributed by atoms with Crippen molar-refractivity contribution in [1.29, 1.82) is 0 Å². The number of hydrogen-bond donors (Lipinski definition) is 0. The highest BCUT2D eigenvalue weighted by Gasteiger charge is 2.09. The fraction of sp³-hybridized carbons (Fsp3) is 0. The Bertz CT molecular complexity index is 732. The van der Waals surface area contributed by atoms with Crippen molar-refractivity contribution in [3.63, 3.8) is 0 Å². The van der Waals surface area contributed by atoms with E-state index >= 15 is 0 Å².